The highest BCUT2D eigenvalue weighted by Gasteiger charge is 2.25. The number of nitrogens with one attached hydrogen (secondary N) is 1. The summed E-state index contributed by atoms with van der Waals surface area (Å²) < 4.78 is 6.24. The molecule has 3 aromatic rings. The number of hydrogen-bond donors (Lipinski definition) is 1. The molecule has 3 heterocycles. The predicted octanol–water partition coefficient (Wildman–Crippen LogP) is 3.95. The first kappa shape index (κ1) is 16.3. The fourth-order valence-corrected chi connectivity index (χ4v) is 3.04. The molecule has 24 heavy (non-hydrogen) atoms. The largest absolute Gasteiger partial charge is 0.488 e. The van der Waals surface area contributed by atoms with Gasteiger partial charge in [0.15, 0.2) is 5.65 Å². The van der Waals surface area contributed by atoms with Crippen molar-refractivity contribution in [2.45, 2.75) is 33.3 Å². The lowest BCUT2D eigenvalue weighted by molar-refractivity contribution is 0.227. The second-order valence-electron chi connectivity index (χ2n) is 5.67. The summed E-state index contributed by atoms with van der Waals surface area (Å²) in [5, 5.41) is 8.15. The van der Waals surface area contributed by atoms with Gasteiger partial charge in [-0.3, -0.25) is 5.10 Å². The van der Waals surface area contributed by atoms with Crippen LogP contribution in [0.5, 0.6) is 5.75 Å². The van der Waals surface area contributed by atoms with E-state index in [1.807, 2.05) is 32.9 Å². The van der Waals surface area contributed by atoms with Crippen LogP contribution in [0.4, 0.5) is 5.69 Å². The molecule has 0 aliphatic carbocycles. The summed E-state index contributed by atoms with van der Waals surface area (Å²) in [4.78, 5) is 6.63. The predicted molar refractivity (Wildman–Crippen MR) is 97.7 cm³/mol. The zero-order valence-corrected chi connectivity index (χ0v) is 14.5. The maximum atomic E-state index is 6.24. The Morgan fingerprint density at radius 3 is 2.75 bits per heavy atom. The molecule has 0 spiro atoms. The quantitative estimate of drug-likeness (QED) is 0.792. The van der Waals surface area contributed by atoms with Crippen LogP contribution in [0.3, 0.4) is 0 Å². The molecule has 1 aromatic carbocycles. The van der Waals surface area contributed by atoms with E-state index in [9.17, 15) is 0 Å². The molecule has 1 aliphatic rings. The van der Waals surface area contributed by atoms with E-state index in [0.29, 0.717) is 5.65 Å². The molecule has 0 amide bonds. The van der Waals surface area contributed by atoms with Crippen molar-refractivity contribution in [2.24, 2.45) is 0 Å². The highest BCUT2D eigenvalue weighted by molar-refractivity contribution is 5.84. The summed E-state index contributed by atoms with van der Waals surface area (Å²) in [5.41, 5.74) is 2.97. The second kappa shape index (κ2) is 7.34. The summed E-state index contributed by atoms with van der Waals surface area (Å²) in [5.74, 6) is 0.871. The van der Waals surface area contributed by atoms with Crippen molar-refractivity contribution in [3.05, 3.63) is 48.3 Å². The van der Waals surface area contributed by atoms with Crippen LogP contribution >= 0.6 is 0 Å². The molecule has 1 atom stereocenters. The second-order valence-corrected chi connectivity index (χ2v) is 5.67. The molecule has 5 heteroatoms. The standard InChI is InChI=1S/C17H18N4O.C2H6/c1-12-16-15(7-9-18-17(16)20-19-12)22-14-8-10-21(11-14)13-5-3-2-4-6-13;1-2/h2-7,9,14H,8,10-11H2,1H3,(H,18,19,20);1-2H3. The number of ether oxygens (including phenoxy) is 1. The first-order valence-corrected chi connectivity index (χ1v) is 8.57. The zero-order valence-electron chi connectivity index (χ0n) is 14.5. The molecule has 4 rings (SSSR count). The Labute approximate surface area is 142 Å². The van der Waals surface area contributed by atoms with Crippen LogP contribution in [0, 0.1) is 6.92 Å². The minimum absolute atomic E-state index is 0.195. The van der Waals surface area contributed by atoms with Crippen LogP contribution < -0.4 is 9.64 Å². The number of rotatable bonds is 3. The Morgan fingerprint density at radius 1 is 1.17 bits per heavy atom. The number of pyridine rings is 1. The van der Waals surface area contributed by atoms with Gasteiger partial charge in [0.1, 0.15) is 11.9 Å². The number of anilines is 1. The molecular weight excluding hydrogens is 300 g/mol. The smallest absolute Gasteiger partial charge is 0.184 e. The van der Waals surface area contributed by atoms with Gasteiger partial charge < -0.3 is 9.64 Å². The van der Waals surface area contributed by atoms with Crippen molar-refractivity contribution < 1.29 is 4.74 Å². The first-order valence-electron chi connectivity index (χ1n) is 8.57. The molecule has 1 fully saturated rings. The first-order chi connectivity index (χ1) is 11.8. The van der Waals surface area contributed by atoms with Crippen molar-refractivity contribution >= 4 is 16.7 Å². The fraction of sp³-hybridized carbons (Fsp3) is 0.368. The molecule has 1 N–H and O–H groups in total. The minimum Gasteiger partial charge on any atom is -0.488 e. The van der Waals surface area contributed by atoms with Crippen molar-refractivity contribution in [1.82, 2.24) is 15.2 Å². The third-order valence-electron chi connectivity index (χ3n) is 4.16. The van der Waals surface area contributed by atoms with Gasteiger partial charge in [-0.1, -0.05) is 32.0 Å². The van der Waals surface area contributed by atoms with E-state index in [-0.39, 0.29) is 6.10 Å². The Bertz CT molecular complexity index is 784. The molecule has 1 aliphatic heterocycles. The van der Waals surface area contributed by atoms with Gasteiger partial charge >= 0.3 is 0 Å². The Kier molecular flexibility index (Phi) is 4.99. The van der Waals surface area contributed by atoms with Gasteiger partial charge in [0, 0.05) is 30.5 Å². The number of nitrogens with zero attached hydrogens (tertiary/aromatic N) is 3. The monoisotopic (exact) mass is 324 g/mol. The summed E-state index contributed by atoms with van der Waals surface area (Å²) in [7, 11) is 0. The van der Waals surface area contributed by atoms with Crippen LogP contribution in [-0.2, 0) is 0 Å². The van der Waals surface area contributed by atoms with E-state index in [1.54, 1.807) is 6.20 Å². The van der Waals surface area contributed by atoms with E-state index >= 15 is 0 Å². The van der Waals surface area contributed by atoms with Gasteiger partial charge in [0.05, 0.1) is 11.9 Å². The summed E-state index contributed by atoms with van der Waals surface area (Å²) in [6.45, 7) is 7.92. The van der Waals surface area contributed by atoms with E-state index in [4.69, 9.17) is 4.74 Å². The Balaban J connectivity index is 0.000000815. The SMILES string of the molecule is CC.Cc1[nH]nc2nccc(OC3CCN(c4ccccc4)C3)c12. The maximum absolute atomic E-state index is 6.24. The molecule has 0 saturated carbocycles. The lowest BCUT2D eigenvalue weighted by Gasteiger charge is -2.19. The van der Waals surface area contributed by atoms with Crippen LogP contribution in [0.25, 0.3) is 11.0 Å². The van der Waals surface area contributed by atoms with Gasteiger partial charge in [0.2, 0.25) is 0 Å². The van der Waals surface area contributed by atoms with Crippen molar-refractivity contribution in [2.75, 3.05) is 18.0 Å². The molecule has 1 saturated heterocycles. The number of aromatic nitrogens is 3. The lowest BCUT2D eigenvalue weighted by Crippen LogP contribution is -2.24. The fourth-order valence-electron chi connectivity index (χ4n) is 3.04. The third kappa shape index (κ3) is 3.20. The average Bonchev–Trinajstić information content (AvgIpc) is 3.25. The van der Waals surface area contributed by atoms with Crippen molar-refractivity contribution in [3.63, 3.8) is 0 Å². The average molecular weight is 324 g/mol. The topological polar surface area (TPSA) is 54.0 Å². The molecule has 126 valence electrons. The van der Waals surface area contributed by atoms with E-state index in [2.05, 4.69) is 44.3 Å². The van der Waals surface area contributed by atoms with E-state index < -0.39 is 0 Å². The third-order valence-corrected chi connectivity index (χ3v) is 4.16. The Morgan fingerprint density at radius 2 is 1.96 bits per heavy atom. The number of hydrogen-bond acceptors (Lipinski definition) is 4. The molecule has 5 nitrogen and oxygen atoms in total. The number of para-hydroxylation sites is 1. The number of fused-ring (bicyclic) bond motifs is 1. The number of H-pyrrole nitrogens is 1. The van der Waals surface area contributed by atoms with Gasteiger partial charge in [0.25, 0.3) is 0 Å². The lowest BCUT2D eigenvalue weighted by atomic mass is 10.2. The molecule has 1 unspecified atom stereocenters. The van der Waals surface area contributed by atoms with Gasteiger partial charge in [-0.2, -0.15) is 5.10 Å². The maximum Gasteiger partial charge on any atom is 0.184 e. The summed E-state index contributed by atoms with van der Waals surface area (Å²) in [6, 6.07) is 12.4. The molecule has 0 radical (unpaired) electrons. The van der Waals surface area contributed by atoms with Crippen LogP contribution in [0.15, 0.2) is 42.6 Å². The Hall–Kier alpha value is -2.56. The van der Waals surface area contributed by atoms with E-state index in [0.717, 1.165) is 36.3 Å². The molecule has 0 bridgehead atoms. The number of aromatic amines is 1. The minimum atomic E-state index is 0.195. The number of aryl methyl sites for hydroxylation is 1. The highest BCUT2D eigenvalue weighted by Crippen LogP contribution is 2.29. The molecule has 2 aromatic heterocycles. The van der Waals surface area contributed by atoms with E-state index in [1.165, 1.54) is 5.69 Å². The van der Waals surface area contributed by atoms with Gasteiger partial charge in [-0.15, -0.1) is 0 Å². The van der Waals surface area contributed by atoms with Crippen LogP contribution in [-0.4, -0.2) is 34.4 Å². The normalized spacial score (nSPS) is 16.8. The van der Waals surface area contributed by atoms with Crippen molar-refractivity contribution in [3.8, 4) is 5.75 Å². The summed E-state index contributed by atoms with van der Waals surface area (Å²) >= 11 is 0. The van der Waals surface area contributed by atoms with Crippen LogP contribution in [0.2, 0.25) is 0 Å². The summed E-state index contributed by atoms with van der Waals surface area (Å²) in [6.07, 6.45) is 2.97. The number of benzene rings is 1. The highest BCUT2D eigenvalue weighted by atomic mass is 16.5. The van der Waals surface area contributed by atoms with Crippen molar-refractivity contribution in [1.29, 1.82) is 0 Å². The van der Waals surface area contributed by atoms with Crippen LogP contribution in [0.1, 0.15) is 26.0 Å². The van der Waals surface area contributed by atoms with Gasteiger partial charge in [-0.05, 0) is 25.1 Å². The van der Waals surface area contributed by atoms with Gasteiger partial charge in [-0.25, -0.2) is 4.98 Å². The zero-order chi connectivity index (χ0) is 16.9. The molecular formula is C19H24N4O.